The van der Waals surface area contributed by atoms with Crippen molar-refractivity contribution in [3.8, 4) is 0 Å². The van der Waals surface area contributed by atoms with Gasteiger partial charge in [0.25, 0.3) is 0 Å². The number of amides is 1. The van der Waals surface area contributed by atoms with Gasteiger partial charge in [-0.3, -0.25) is 10.1 Å². The lowest BCUT2D eigenvalue weighted by molar-refractivity contribution is -0.117. The monoisotopic (exact) mass is 224 g/mol. The molecular weight excluding hydrogens is 212 g/mol. The molecule has 0 unspecified atom stereocenters. The van der Waals surface area contributed by atoms with Crippen molar-refractivity contribution >= 4 is 17.9 Å². The molecule has 6 nitrogen and oxygen atoms in total. The third-order valence-electron chi connectivity index (χ3n) is 2.17. The lowest BCUT2D eigenvalue weighted by Gasteiger charge is -1.97. The summed E-state index contributed by atoms with van der Waals surface area (Å²) in [7, 11) is 0. The van der Waals surface area contributed by atoms with Gasteiger partial charge >= 0.3 is 12.0 Å². The van der Waals surface area contributed by atoms with Crippen molar-refractivity contribution in [2.75, 3.05) is 11.9 Å². The Hall–Kier alpha value is -1.85. The molecule has 86 valence electrons. The number of anilines is 1. The second-order valence-corrected chi connectivity index (χ2v) is 3.52. The van der Waals surface area contributed by atoms with Gasteiger partial charge in [0.05, 0.1) is 6.61 Å². The van der Waals surface area contributed by atoms with Crippen LogP contribution in [0.25, 0.3) is 0 Å². The van der Waals surface area contributed by atoms with Crippen LogP contribution in [0, 0.1) is 5.92 Å². The average molecular weight is 224 g/mol. The molecule has 0 radical (unpaired) electrons. The number of oxazole rings is 1. The van der Waals surface area contributed by atoms with E-state index >= 15 is 0 Å². The van der Waals surface area contributed by atoms with E-state index in [-0.39, 0.29) is 30.1 Å². The molecule has 1 aliphatic carbocycles. The molecule has 16 heavy (non-hydrogen) atoms. The number of esters is 1. The number of nitrogens with one attached hydrogen (secondary N) is 1. The fraction of sp³-hybridized carbons (Fsp3) is 0.500. The quantitative estimate of drug-likeness (QED) is 0.777. The third kappa shape index (κ3) is 2.39. The van der Waals surface area contributed by atoms with Gasteiger partial charge in [-0.15, -0.1) is 0 Å². The number of hydrogen-bond donors (Lipinski definition) is 1. The number of nitrogens with zero attached hydrogens (tertiary/aromatic N) is 1. The minimum absolute atomic E-state index is 0.0416. The fourth-order valence-corrected chi connectivity index (χ4v) is 1.18. The van der Waals surface area contributed by atoms with Crippen LogP contribution in [0.1, 0.15) is 30.3 Å². The van der Waals surface area contributed by atoms with Crippen LogP contribution in [0.15, 0.2) is 10.7 Å². The van der Waals surface area contributed by atoms with Crippen LogP contribution in [0.4, 0.5) is 6.01 Å². The number of carbonyl (C=O) groups excluding carboxylic acids is 2. The Bertz CT molecular complexity index is 409. The number of carbonyl (C=O) groups is 2. The summed E-state index contributed by atoms with van der Waals surface area (Å²) in [5.41, 5.74) is 0.0629. The maximum atomic E-state index is 11.4. The highest BCUT2D eigenvalue weighted by molar-refractivity contribution is 5.93. The Labute approximate surface area is 92.0 Å². The highest BCUT2D eigenvalue weighted by Crippen LogP contribution is 2.30. The molecule has 2 rings (SSSR count). The van der Waals surface area contributed by atoms with Gasteiger partial charge in [-0.25, -0.2) is 4.79 Å². The third-order valence-corrected chi connectivity index (χ3v) is 2.17. The molecule has 0 bridgehead atoms. The van der Waals surface area contributed by atoms with Crippen LogP contribution in [-0.2, 0) is 9.53 Å². The zero-order valence-corrected chi connectivity index (χ0v) is 8.86. The second kappa shape index (κ2) is 4.34. The van der Waals surface area contributed by atoms with E-state index in [1.54, 1.807) is 6.92 Å². The number of hydrogen-bond acceptors (Lipinski definition) is 5. The molecule has 1 aromatic heterocycles. The Morgan fingerprint density at radius 2 is 2.38 bits per heavy atom. The van der Waals surface area contributed by atoms with Gasteiger partial charge < -0.3 is 9.15 Å². The van der Waals surface area contributed by atoms with Crippen LogP contribution in [0.2, 0.25) is 0 Å². The molecule has 6 heteroatoms. The van der Waals surface area contributed by atoms with Crippen LogP contribution >= 0.6 is 0 Å². The summed E-state index contributed by atoms with van der Waals surface area (Å²) in [5.74, 6) is -0.603. The average Bonchev–Trinajstić information content (AvgIpc) is 3.00. The summed E-state index contributed by atoms with van der Waals surface area (Å²) >= 11 is 0. The van der Waals surface area contributed by atoms with Crippen molar-refractivity contribution in [2.45, 2.75) is 19.8 Å². The van der Waals surface area contributed by atoms with Gasteiger partial charge in [0.1, 0.15) is 6.26 Å². The minimum Gasteiger partial charge on any atom is -0.461 e. The predicted octanol–water partition coefficient (Wildman–Crippen LogP) is 1.20. The Balaban J connectivity index is 1.95. The molecule has 0 spiro atoms. The lowest BCUT2D eigenvalue weighted by atomic mass is 10.4. The Morgan fingerprint density at radius 1 is 1.62 bits per heavy atom. The van der Waals surface area contributed by atoms with Gasteiger partial charge in [0, 0.05) is 5.92 Å². The van der Waals surface area contributed by atoms with E-state index in [1.165, 1.54) is 6.26 Å². The fourth-order valence-electron chi connectivity index (χ4n) is 1.18. The van der Waals surface area contributed by atoms with Gasteiger partial charge in [-0.05, 0) is 19.8 Å². The first-order valence-corrected chi connectivity index (χ1v) is 5.14. The first kappa shape index (κ1) is 10.7. The summed E-state index contributed by atoms with van der Waals surface area (Å²) < 4.78 is 9.67. The van der Waals surface area contributed by atoms with E-state index in [1.807, 2.05) is 0 Å². The second-order valence-electron chi connectivity index (χ2n) is 3.52. The van der Waals surface area contributed by atoms with Gasteiger partial charge in [-0.2, -0.15) is 4.98 Å². The highest BCUT2D eigenvalue weighted by Gasteiger charge is 2.30. The molecule has 0 aromatic carbocycles. The van der Waals surface area contributed by atoms with Crippen molar-refractivity contribution in [3.05, 3.63) is 12.0 Å². The van der Waals surface area contributed by atoms with Crippen molar-refractivity contribution in [1.29, 1.82) is 0 Å². The Kier molecular flexibility index (Phi) is 2.89. The van der Waals surface area contributed by atoms with Crippen molar-refractivity contribution in [1.82, 2.24) is 4.98 Å². The molecular formula is C10H12N2O4. The molecule has 1 fully saturated rings. The topological polar surface area (TPSA) is 81.4 Å². The minimum atomic E-state index is -0.557. The zero-order chi connectivity index (χ0) is 11.5. The molecule has 1 amide bonds. The summed E-state index contributed by atoms with van der Waals surface area (Å²) in [6, 6.07) is 0.0416. The van der Waals surface area contributed by atoms with Crippen LogP contribution in [0.5, 0.6) is 0 Å². The highest BCUT2D eigenvalue weighted by atomic mass is 16.5. The molecule has 0 saturated heterocycles. The molecule has 1 N–H and O–H groups in total. The molecule has 1 aliphatic rings. The van der Waals surface area contributed by atoms with Crippen molar-refractivity contribution in [2.24, 2.45) is 5.92 Å². The van der Waals surface area contributed by atoms with Gasteiger partial charge in [0.2, 0.25) is 5.91 Å². The first-order chi connectivity index (χ1) is 7.70. The number of ether oxygens (including phenoxy) is 1. The van der Waals surface area contributed by atoms with Gasteiger partial charge in [0.15, 0.2) is 5.69 Å². The summed E-state index contributed by atoms with van der Waals surface area (Å²) in [4.78, 5) is 26.4. The van der Waals surface area contributed by atoms with E-state index < -0.39 is 5.97 Å². The summed E-state index contributed by atoms with van der Waals surface area (Å²) in [5, 5.41) is 2.50. The van der Waals surface area contributed by atoms with Crippen LogP contribution < -0.4 is 5.32 Å². The van der Waals surface area contributed by atoms with Crippen molar-refractivity contribution in [3.63, 3.8) is 0 Å². The van der Waals surface area contributed by atoms with Crippen LogP contribution in [0.3, 0.4) is 0 Å². The molecule has 1 heterocycles. The standard InChI is InChI=1S/C10H12N2O4/c1-2-15-9(14)7-5-16-10(11-7)12-8(13)6-3-4-6/h5-6H,2-4H2,1H3,(H,11,12,13). The SMILES string of the molecule is CCOC(=O)c1coc(NC(=O)C2CC2)n1. The van der Waals surface area contributed by atoms with E-state index in [4.69, 9.17) is 9.15 Å². The summed E-state index contributed by atoms with van der Waals surface area (Å²) in [6.45, 7) is 1.98. The molecule has 1 aromatic rings. The largest absolute Gasteiger partial charge is 0.461 e. The molecule has 1 saturated carbocycles. The van der Waals surface area contributed by atoms with E-state index in [0.29, 0.717) is 0 Å². The molecule has 0 atom stereocenters. The first-order valence-electron chi connectivity index (χ1n) is 5.14. The summed E-state index contributed by atoms with van der Waals surface area (Å²) in [6.07, 6.45) is 2.97. The van der Waals surface area contributed by atoms with E-state index in [0.717, 1.165) is 12.8 Å². The normalized spacial score (nSPS) is 14.6. The van der Waals surface area contributed by atoms with Gasteiger partial charge in [-0.1, -0.05) is 0 Å². The predicted molar refractivity (Wildman–Crippen MR) is 53.8 cm³/mol. The maximum Gasteiger partial charge on any atom is 0.360 e. The van der Waals surface area contributed by atoms with E-state index in [9.17, 15) is 9.59 Å². The Morgan fingerprint density at radius 3 is 3.00 bits per heavy atom. The lowest BCUT2D eigenvalue weighted by Crippen LogP contribution is -2.14. The zero-order valence-electron chi connectivity index (χ0n) is 8.86. The number of aromatic nitrogens is 1. The number of rotatable bonds is 4. The van der Waals surface area contributed by atoms with Crippen LogP contribution in [-0.4, -0.2) is 23.5 Å². The van der Waals surface area contributed by atoms with Crippen molar-refractivity contribution < 1.29 is 18.7 Å². The molecule has 0 aliphatic heterocycles. The van der Waals surface area contributed by atoms with E-state index in [2.05, 4.69) is 10.3 Å². The maximum absolute atomic E-state index is 11.4. The smallest absolute Gasteiger partial charge is 0.360 e.